The SMILES string of the molecule is Cc1cc(CCCCCOc2c(Cl)cc(-c3ccccn3)cc2Cl)on1. The summed E-state index contributed by atoms with van der Waals surface area (Å²) in [6, 6.07) is 11.3. The molecule has 136 valence electrons. The molecule has 0 aliphatic heterocycles. The lowest BCUT2D eigenvalue weighted by molar-refractivity contribution is 0.303. The van der Waals surface area contributed by atoms with E-state index in [9.17, 15) is 0 Å². The van der Waals surface area contributed by atoms with Crippen LogP contribution in [0, 0.1) is 6.92 Å². The Morgan fingerprint density at radius 1 is 1.04 bits per heavy atom. The zero-order chi connectivity index (χ0) is 18.4. The fourth-order valence-electron chi connectivity index (χ4n) is 2.67. The van der Waals surface area contributed by atoms with E-state index in [4.69, 9.17) is 32.5 Å². The van der Waals surface area contributed by atoms with Crippen LogP contribution in [0.25, 0.3) is 11.3 Å². The van der Waals surface area contributed by atoms with Gasteiger partial charge in [-0.15, -0.1) is 0 Å². The van der Waals surface area contributed by atoms with Crippen LogP contribution < -0.4 is 4.74 Å². The van der Waals surface area contributed by atoms with E-state index in [1.165, 1.54) is 0 Å². The largest absolute Gasteiger partial charge is 0.490 e. The number of aryl methyl sites for hydroxylation is 2. The van der Waals surface area contributed by atoms with E-state index < -0.39 is 0 Å². The predicted octanol–water partition coefficient (Wildman–Crippen LogP) is 6.14. The second kappa shape index (κ2) is 9.06. The molecule has 0 spiro atoms. The van der Waals surface area contributed by atoms with Crippen molar-refractivity contribution in [3.8, 4) is 17.0 Å². The van der Waals surface area contributed by atoms with Gasteiger partial charge < -0.3 is 9.26 Å². The Bertz CT molecular complexity index is 827. The molecule has 3 aromatic rings. The minimum absolute atomic E-state index is 0.496. The van der Waals surface area contributed by atoms with Crippen LogP contribution in [0.15, 0.2) is 47.1 Å². The Kier molecular flexibility index (Phi) is 6.53. The third kappa shape index (κ3) is 4.99. The molecule has 2 aromatic heterocycles. The van der Waals surface area contributed by atoms with Crippen molar-refractivity contribution in [2.75, 3.05) is 6.61 Å². The minimum Gasteiger partial charge on any atom is -0.490 e. The lowest BCUT2D eigenvalue weighted by atomic mass is 10.1. The van der Waals surface area contributed by atoms with Crippen LogP contribution in [0.2, 0.25) is 10.0 Å². The van der Waals surface area contributed by atoms with Gasteiger partial charge in [0.1, 0.15) is 5.76 Å². The Morgan fingerprint density at radius 2 is 1.85 bits per heavy atom. The van der Waals surface area contributed by atoms with Crippen molar-refractivity contribution in [1.82, 2.24) is 10.1 Å². The van der Waals surface area contributed by atoms with Crippen LogP contribution in [0.5, 0.6) is 5.75 Å². The van der Waals surface area contributed by atoms with E-state index in [2.05, 4.69) is 10.1 Å². The Morgan fingerprint density at radius 3 is 2.50 bits per heavy atom. The first kappa shape index (κ1) is 18.7. The van der Waals surface area contributed by atoms with Crippen molar-refractivity contribution in [3.05, 3.63) is 64.1 Å². The number of hydrogen-bond acceptors (Lipinski definition) is 4. The average Bonchev–Trinajstić information content (AvgIpc) is 3.05. The molecule has 1 aromatic carbocycles. The molecule has 0 unspecified atom stereocenters. The molecular weight excluding hydrogens is 371 g/mol. The average molecular weight is 391 g/mol. The quantitative estimate of drug-likeness (QED) is 0.433. The van der Waals surface area contributed by atoms with E-state index in [0.29, 0.717) is 22.4 Å². The summed E-state index contributed by atoms with van der Waals surface area (Å²) in [4.78, 5) is 4.31. The predicted molar refractivity (Wildman–Crippen MR) is 104 cm³/mol. The molecule has 3 rings (SSSR count). The number of rotatable bonds is 8. The molecule has 0 fully saturated rings. The van der Waals surface area contributed by atoms with Gasteiger partial charge in [-0.3, -0.25) is 4.98 Å². The van der Waals surface area contributed by atoms with Gasteiger partial charge in [0.25, 0.3) is 0 Å². The summed E-state index contributed by atoms with van der Waals surface area (Å²) < 4.78 is 11.0. The Balaban J connectivity index is 1.49. The summed E-state index contributed by atoms with van der Waals surface area (Å²) in [7, 11) is 0. The summed E-state index contributed by atoms with van der Waals surface area (Å²) in [6.45, 7) is 2.49. The summed E-state index contributed by atoms with van der Waals surface area (Å²) in [5.41, 5.74) is 2.61. The lowest BCUT2D eigenvalue weighted by Crippen LogP contribution is -1.99. The van der Waals surface area contributed by atoms with Gasteiger partial charge in [0, 0.05) is 24.2 Å². The van der Waals surface area contributed by atoms with Gasteiger partial charge in [-0.25, -0.2) is 0 Å². The normalized spacial score (nSPS) is 10.9. The molecule has 26 heavy (non-hydrogen) atoms. The maximum Gasteiger partial charge on any atom is 0.156 e. The molecule has 0 saturated heterocycles. The van der Waals surface area contributed by atoms with Crippen LogP contribution >= 0.6 is 23.2 Å². The molecule has 0 saturated carbocycles. The lowest BCUT2D eigenvalue weighted by Gasteiger charge is -2.11. The number of hydrogen-bond donors (Lipinski definition) is 0. The van der Waals surface area contributed by atoms with Gasteiger partial charge in [0.15, 0.2) is 5.75 Å². The Hall–Kier alpha value is -2.04. The third-order valence-corrected chi connectivity index (χ3v) is 4.51. The van der Waals surface area contributed by atoms with Crippen molar-refractivity contribution in [2.45, 2.75) is 32.6 Å². The molecule has 2 heterocycles. The van der Waals surface area contributed by atoms with Crippen molar-refractivity contribution >= 4 is 23.2 Å². The molecule has 0 atom stereocenters. The smallest absolute Gasteiger partial charge is 0.156 e. The van der Waals surface area contributed by atoms with E-state index in [-0.39, 0.29) is 0 Å². The van der Waals surface area contributed by atoms with Gasteiger partial charge >= 0.3 is 0 Å². The van der Waals surface area contributed by atoms with E-state index in [1.807, 2.05) is 43.3 Å². The molecule has 0 radical (unpaired) electrons. The van der Waals surface area contributed by atoms with E-state index in [0.717, 1.165) is 48.4 Å². The number of nitrogens with zero attached hydrogens (tertiary/aromatic N) is 2. The number of aromatic nitrogens is 2. The second-order valence-electron chi connectivity index (χ2n) is 6.08. The fourth-order valence-corrected chi connectivity index (χ4v) is 3.26. The molecule has 0 amide bonds. The summed E-state index contributed by atoms with van der Waals surface area (Å²) in [5.74, 6) is 1.46. The first-order chi connectivity index (χ1) is 12.6. The van der Waals surface area contributed by atoms with Crippen LogP contribution in [-0.4, -0.2) is 16.7 Å². The number of pyridine rings is 1. The fraction of sp³-hybridized carbons (Fsp3) is 0.300. The van der Waals surface area contributed by atoms with Crippen LogP contribution in [0.3, 0.4) is 0 Å². The highest BCUT2D eigenvalue weighted by Crippen LogP contribution is 2.37. The molecule has 4 nitrogen and oxygen atoms in total. The van der Waals surface area contributed by atoms with Crippen LogP contribution in [-0.2, 0) is 6.42 Å². The summed E-state index contributed by atoms with van der Waals surface area (Å²) in [5, 5.41) is 4.88. The minimum atomic E-state index is 0.496. The van der Waals surface area contributed by atoms with E-state index >= 15 is 0 Å². The van der Waals surface area contributed by atoms with Gasteiger partial charge in [-0.2, -0.15) is 0 Å². The van der Waals surface area contributed by atoms with E-state index in [1.54, 1.807) is 6.20 Å². The topological polar surface area (TPSA) is 48.2 Å². The van der Waals surface area contributed by atoms with Crippen molar-refractivity contribution in [1.29, 1.82) is 0 Å². The maximum absolute atomic E-state index is 6.35. The van der Waals surface area contributed by atoms with Gasteiger partial charge in [0.2, 0.25) is 0 Å². The Labute approximate surface area is 163 Å². The maximum atomic E-state index is 6.35. The number of halogens is 2. The number of ether oxygens (including phenoxy) is 1. The van der Waals surface area contributed by atoms with Crippen LogP contribution in [0.4, 0.5) is 0 Å². The van der Waals surface area contributed by atoms with Crippen molar-refractivity contribution in [2.24, 2.45) is 0 Å². The highest BCUT2D eigenvalue weighted by molar-refractivity contribution is 6.37. The molecule has 0 N–H and O–H groups in total. The zero-order valence-electron chi connectivity index (χ0n) is 14.5. The zero-order valence-corrected chi connectivity index (χ0v) is 16.1. The monoisotopic (exact) mass is 390 g/mol. The van der Waals surface area contributed by atoms with Gasteiger partial charge in [0.05, 0.1) is 28.0 Å². The summed E-state index contributed by atoms with van der Waals surface area (Å²) in [6.07, 6.45) is 5.60. The van der Waals surface area contributed by atoms with Crippen molar-refractivity contribution in [3.63, 3.8) is 0 Å². The third-order valence-electron chi connectivity index (χ3n) is 3.95. The molecule has 0 aliphatic rings. The van der Waals surface area contributed by atoms with Crippen LogP contribution in [0.1, 0.15) is 30.7 Å². The number of unbranched alkanes of at least 4 members (excludes halogenated alkanes) is 2. The molecule has 0 bridgehead atoms. The number of benzene rings is 1. The highest BCUT2D eigenvalue weighted by atomic mass is 35.5. The van der Waals surface area contributed by atoms with Crippen molar-refractivity contribution < 1.29 is 9.26 Å². The molecular formula is C20H20Cl2N2O2. The summed E-state index contributed by atoms with van der Waals surface area (Å²) >= 11 is 12.7. The van der Waals surface area contributed by atoms with Gasteiger partial charge in [-0.05, 0) is 50.5 Å². The standard InChI is InChI=1S/C20H20Cl2N2O2/c1-14-11-16(26-24-14)7-3-2-6-10-25-20-17(21)12-15(13-18(20)22)19-8-4-5-9-23-19/h4-5,8-9,11-13H,2-3,6-7,10H2,1H3. The second-order valence-corrected chi connectivity index (χ2v) is 6.89. The van der Waals surface area contributed by atoms with Gasteiger partial charge in [-0.1, -0.05) is 34.4 Å². The first-order valence-electron chi connectivity index (χ1n) is 8.59. The molecule has 0 aliphatic carbocycles. The highest BCUT2D eigenvalue weighted by Gasteiger charge is 2.11. The first-order valence-corrected chi connectivity index (χ1v) is 9.34. The molecule has 6 heteroatoms.